The molecule has 2 nitrogen and oxygen atoms in total. The zero-order valence-corrected chi connectivity index (χ0v) is 28.7. The fourth-order valence-corrected chi connectivity index (χ4v) is 8.03. The van der Waals surface area contributed by atoms with E-state index in [1.54, 1.807) is 0 Å². The lowest BCUT2D eigenvalue weighted by Crippen LogP contribution is -2.20. The maximum absolute atomic E-state index is 6.54. The molecular formula is C50H35NO. The van der Waals surface area contributed by atoms with Crippen molar-refractivity contribution >= 4 is 60.4 Å². The molecule has 246 valence electrons. The van der Waals surface area contributed by atoms with Gasteiger partial charge in [0.05, 0.1) is 11.4 Å². The van der Waals surface area contributed by atoms with Crippen LogP contribution in [0.5, 0.6) is 0 Å². The predicted octanol–water partition coefficient (Wildman–Crippen LogP) is 14.1. The molecule has 1 aliphatic carbocycles. The van der Waals surface area contributed by atoms with E-state index < -0.39 is 0 Å². The van der Waals surface area contributed by atoms with Crippen LogP contribution in [0.1, 0.15) is 18.4 Å². The smallest absolute Gasteiger partial charge is 0.143 e. The molecule has 1 aromatic heterocycles. The summed E-state index contributed by atoms with van der Waals surface area (Å²) in [5.74, 6) is 0. The largest absolute Gasteiger partial charge is 0.455 e. The summed E-state index contributed by atoms with van der Waals surface area (Å²) in [6.07, 6.45) is 6.52. The SMILES string of the molecule is C1=CC(c2ccc3oc4c5ccccc5ccc4c3c2)=C(N(c2ccc(-c3ccccc3)cc2-c2ccccc2)c2cccc3ccccc23)CC1. The number of rotatable bonds is 6. The van der Waals surface area contributed by atoms with Crippen LogP contribution in [0.3, 0.4) is 0 Å². The molecule has 0 saturated carbocycles. The fraction of sp³-hybridized carbons (Fsp3) is 0.0400. The van der Waals surface area contributed by atoms with Crippen LogP contribution in [0.4, 0.5) is 11.4 Å². The number of hydrogen-bond acceptors (Lipinski definition) is 2. The van der Waals surface area contributed by atoms with Gasteiger partial charge in [-0.15, -0.1) is 0 Å². The zero-order valence-electron chi connectivity index (χ0n) is 28.7. The fourth-order valence-electron chi connectivity index (χ4n) is 8.03. The maximum Gasteiger partial charge on any atom is 0.143 e. The molecule has 0 spiro atoms. The molecule has 2 heteroatoms. The minimum atomic E-state index is 0.901. The van der Waals surface area contributed by atoms with Crippen LogP contribution >= 0.6 is 0 Å². The molecule has 0 aliphatic heterocycles. The maximum atomic E-state index is 6.54. The van der Waals surface area contributed by atoms with Crippen molar-refractivity contribution in [3.8, 4) is 22.3 Å². The first-order chi connectivity index (χ1) is 25.8. The topological polar surface area (TPSA) is 16.4 Å². The lowest BCUT2D eigenvalue weighted by Gasteiger charge is -2.34. The Hall–Kier alpha value is -6.64. The summed E-state index contributed by atoms with van der Waals surface area (Å²) in [4.78, 5) is 2.55. The molecule has 0 radical (unpaired) electrons. The standard InChI is InChI=1S/C50H35NO/c1-3-14-34(15-4-1)38-27-30-48(44(32-38)36-16-5-2-6-17-36)51(47-25-13-20-35-18-7-9-21-40(35)47)46-24-12-11-22-41(46)39-28-31-49-45(33-39)43-29-26-37-19-8-10-23-42(37)50(43)52-49/h1-11,13-23,25-33H,12,24H2. The first-order valence-electron chi connectivity index (χ1n) is 18.1. The second kappa shape index (κ2) is 12.6. The minimum absolute atomic E-state index is 0.901. The zero-order chi connectivity index (χ0) is 34.4. The van der Waals surface area contributed by atoms with Gasteiger partial charge in [-0.25, -0.2) is 0 Å². The van der Waals surface area contributed by atoms with Crippen LogP contribution in [0, 0.1) is 0 Å². The van der Waals surface area contributed by atoms with Crippen LogP contribution in [0.2, 0.25) is 0 Å². The highest BCUT2D eigenvalue weighted by molar-refractivity contribution is 6.15. The highest BCUT2D eigenvalue weighted by Crippen LogP contribution is 2.46. The van der Waals surface area contributed by atoms with Gasteiger partial charge in [-0.1, -0.05) is 152 Å². The molecule has 0 atom stereocenters. The van der Waals surface area contributed by atoms with Gasteiger partial charge in [0.15, 0.2) is 0 Å². The predicted molar refractivity (Wildman–Crippen MR) is 220 cm³/mol. The highest BCUT2D eigenvalue weighted by atomic mass is 16.3. The Balaban J connectivity index is 1.24. The molecule has 0 bridgehead atoms. The average Bonchev–Trinajstić information content (AvgIpc) is 3.61. The van der Waals surface area contributed by atoms with E-state index in [2.05, 4.69) is 193 Å². The van der Waals surface area contributed by atoms with Crippen molar-refractivity contribution in [2.45, 2.75) is 12.8 Å². The van der Waals surface area contributed by atoms with E-state index in [0.29, 0.717) is 0 Å². The number of anilines is 2. The van der Waals surface area contributed by atoms with Crippen molar-refractivity contribution in [1.82, 2.24) is 0 Å². The van der Waals surface area contributed by atoms with Gasteiger partial charge >= 0.3 is 0 Å². The number of nitrogens with zero attached hydrogens (tertiary/aromatic N) is 1. The van der Waals surface area contributed by atoms with Crippen molar-refractivity contribution in [2.24, 2.45) is 0 Å². The summed E-state index contributed by atoms with van der Waals surface area (Å²) in [6, 6.07) is 63.5. The summed E-state index contributed by atoms with van der Waals surface area (Å²) < 4.78 is 6.54. The van der Waals surface area contributed by atoms with E-state index in [1.807, 2.05) is 0 Å². The van der Waals surface area contributed by atoms with Gasteiger partial charge in [0.25, 0.3) is 0 Å². The van der Waals surface area contributed by atoms with E-state index in [-0.39, 0.29) is 0 Å². The third-order valence-corrected chi connectivity index (χ3v) is 10.5. The van der Waals surface area contributed by atoms with E-state index >= 15 is 0 Å². The lowest BCUT2D eigenvalue weighted by molar-refractivity contribution is 0.672. The second-order valence-electron chi connectivity index (χ2n) is 13.6. The number of fused-ring (bicyclic) bond motifs is 6. The van der Waals surface area contributed by atoms with Crippen molar-refractivity contribution in [1.29, 1.82) is 0 Å². The van der Waals surface area contributed by atoms with Gasteiger partial charge in [0.1, 0.15) is 11.2 Å². The second-order valence-corrected chi connectivity index (χ2v) is 13.6. The Morgan fingerprint density at radius 2 is 1.13 bits per heavy atom. The number of furan rings is 1. The van der Waals surface area contributed by atoms with E-state index in [0.717, 1.165) is 45.9 Å². The van der Waals surface area contributed by atoms with Gasteiger partial charge < -0.3 is 9.32 Å². The van der Waals surface area contributed by atoms with Gasteiger partial charge in [0, 0.05) is 38.4 Å². The Bertz CT molecular complexity index is 2840. The molecule has 9 aromatic rings. The normalized spacial score (nSPS) is 13.1. The molecule has 8 aromatic carbocycles. The molecule has 0 N–H and O–H groups in total. The quantitative estimate of drug-likeness (QED) is 0.176. The van der Waals surface area contributed by atoms with Gasteiger partial charge in [0.2, 0.25) is 0 Å². The van der Waals surface area contributed by atoms with Gasteiger partial charge in [-0.2, -0.15) is 0 Å². The van der Waals surface area contributed by atoms with Gasteiger partial charge in [-0.3, -0.25) is 0 Å². The molecule has 10 rings (SSSR count). The molecule has 0 fully saturated rings. The summed E-state index contributed by atoms with van der Waals surface area (Å²) >= 11 is 0. The summed E-state index contributed by atoms with van der Waals surface area (Å²) in [5, 5.41) is 7.06. The first-order valence-corrected chi connectivity index (χ1v) is 18.1. The third-order valence-electron chi connectivity index (χ3n) is 10.5. The highest BCUT2D eigenvalue weighted by Gasteiger charge is 2.25. The van der Waals surface area contributed by atoms with E-state index in [9.17, 15) is 0 Å². The Labute approximate surface area is 303 Å². The molecule has 1 heterocycles. The van der Waals surface area contributed by atoms with Gasteiger partial charge in [-0.05, 0) is 82.3 Å². The van der Waals surface area contributed by atoms with Crippen LogP contribution in [0.25, 0.3) is 71.3 Å². The molecule has 52 heavy (non-hydrogen) atoms. The number of allylic oxidation sites excluding steroid dienone is 4. The molecule has 0 amide bonds. The first kappa shape index (κ1) is 30.2. The molecule has 0 saturated heterocycles. The summed E-state index contributed by atoms with van der Waals surface area (Å²) in [5.41, 5.74) is 12.7. The summed E-state index contributed by atoms with van der Waals surface area (Å²) in [7, 11) is 0. The van der Waals surface area contributed by atoms with Crippen LogP contribution < -0.4 is 4.90 Å². The number of benzene rings is 8. The van der Waals surface area contributed by atoms with E-state index in [4.69, 9.17) is 4.42 Å². The lowest BCUT2D eigenvalue weighted by atomic mass is 9.91. The third kappa shape index (κ3) is 5.11. The molecular weight excluding hydrogens is 631 g/mol. The number of hydrogen-bond donors (Lipinski definition) is 0. The Kier molecular flexibility index (Phi) is 7.32. The van der Waals surface area contributed by atoms with Crippen molar-refractivity contribution < 1.29 is 4.42 Å². The van der Waals surface area contributed by atoms with Crippen molar-refractivity contribution in [2.75, 3.05) is 4.90 Å². The Morgan fingerprint density at radius 3 is 1.96 bits per heavy atom. The molecule has 0 unspecified atom stereocenters. The van der Waals surface area contributed by atoms with Crippen LogP contribution in [-0.4, -0.2) is 0 Å². The average molecular weight is 666 g/mol. The van der Waals surface area contributed by atoms with Crippen molar-refractivity contribution in [3.05, 3.63) is 199 Å². The minimum Gasteiger partial charge on any atom is -0.455 e. The summed E-state index contributed by atoms with van der Waals surface area (Å²) in [6.45, 7) is 0. The monoisotopic (exact) mass is 665 g/mol. The van der Waals surface area contributed by atoms with E-state index in [1.165, 1.54) is 60.9 Å². The van der Waals surface area contributed by atoms with Crippen LogP contribution in [0.15, 0.2) is 198 Å². The Morgan fingerprint density at radius 1 is 0.442 bits per heavy atom. The van der Waals surface area contributed by atoms with Crippen molar-refractivity contribution in [3.63, 3.8) is 0 Å². The van der Waals surface area contributed by atoms with Crippen LogP contribution in [-0.2, 0) is 0 Å². The molecule has 1 aliphatic rings.